The second-order valence-corrected chi connectivity index (χ2v) is 6.29. The van der Waals surface area contributed by atoms with Crippen LogP contribution in [0.3, 0.4) is 0 Å². The van der Waals surface area contributed by atoms with Crippen LogP contribution in [-0.4, -0.2) is 19.7 Å². The van der Waals surface area contributed by atoms with Gasteiger partial charge in [0.05, 0.1) is 28.6 Å². The van der Waals surface area contributed by atoms with Crippen molar-refractivity contribution in [2.45, 2.75) is 25.8 Å². The van der Waals surface area contributed by atoms with E-state index in [1.807, 2.05) is 26.4 Å². The molecule has 0 bridgehead atoms. The molecule has 0 radical (unpaired) electrons. The van der Waals surface area contributed by atoms with E-state index in [1.54, 1.807) is 4.68 Å². The molecular formula is C18H18FN5. The normalized spacial score (nSPS) is 16.8. The van der Waals surface area contributed by atoms with Gasteiger partial charge in [-0.05, 0) is 43.0 Å². The minimum absolute atomic E-state index is 0.289. The number of hydrogen-bond donors (Lipinski definition) is 1. The monoisotopic (exact) mass is 323 g/mol. The van der Waals surface area contributed by atoms with E-state index in [9.17, 15) is 4.39 Å². The molecule has 122 valence electrons. The van der Waals surface area contributed by atoms with Gasteiger partial charge in [0.2, 0.25) is 0 Å². The van der Waals surface area contributed by atoms with Gasteiger partial charge in [0.15, 0.2) is 0 Å². The molecule has 0 amide bonds. The summed E-state index contributed by atoms with van der Waals surface area (Å²) in [6, 6.07) is 2.59. The van der Waals surface area contributed by atoms with Gasteiger partial charge in [0, 0.05) is 30.9 Å². The molecule has 24 heavy (non-hydrogen) atoms. The van der Waals surface area contributed by atoms with Crippen LogP contribution in [0.15, 0.2) is 24.5 Å². The highest BCUT2D eigenvalue weighted by Gasteiger charge is 2.22. The fourth-order valence-corrected chi connectivity index (χ4v) is 3.19. The summed E-state index contributed by atoms with van der Waals surface area (Å²) in [5, 5.41) is 4.18. The van der Waals surface area contributed by atoms with Crippen molar-refractivity contribution in [2.75, 3.05) is 0 Å². The minimum Gasteiger partial charge on any atom is -0.324 e. The molecule has 1 aliphatic carbocycles. The predicted molar refractivity (Wildman–Crippen MR) is 91.5 cm³/mol. The van der Waals surface area contributed by atoms with Crippen LogP contribution < -0.4 is 5.73 Å². The average Bonchev–Trinajstić information content (AvgIpc) is 3.11. The van der Waals surface area contributed by atoms with Crippen LogP contribution in [0.4, 0.5) is 4.39 Å². The van der Waals surface area contributed by atoms with Crippen LogP contribution in [0.1, 0.15) is 41.9 Å². The topological polar surface area (TPSA) is 69.6 Å². The number of nitrogens with two attached hydrogens (primary N) is 1. The lowest BCUT2D eigenvalue weighted by Gasteiger charge is -2.11. The van der Waals surface area contributed by atoms with Crippen molar-refractivity contribution in [1.82, 2.24) is 19.7 Å². The van der Waals surface area contributed by atoms with Gasteiger partial charge in [-0.3, -0.25) is 4.68 Å². The highest BCUT2D eigenvalue weighted by molar-refractivity contribution is 5.87. The van der Waals surface area contributed by atoms with Crippen LogP contribution >= 0.6 is 0 Å². The lowest BCUT2D eigenvalue weighted by atomic mass is 10.1. The molecule has 0 unspecified atom stereocenters. The molecule has 0 aliphatic heterocycles. The number of fused-ring (bicyclic) bond motifs is 2. The van der Waals surface area contributed by atoms with Crippen molar-refractivity contribution in [2.24, 2.45) is 12.8 Å². The Morgan fingerprint density at radius 1 is 1.29 bits per heavy atom. The second-order valence-electron chi connectivity index (χ2n) is 6.29. The molecule has 1 atom stereocenters. The minimum atomic E-state index is -0.333. The molecule has 2 aromatic heterocycles. The highest BCUT2D eigenvalue weighted by atomic mass is 19.1. The summed E-state index contributed by atoms with van der Waals surface area (Å²) in [6.45, 7) is 1.83. The van der Waals surface area contributed by atoms with E-state index in [4.69, 9.17) is 15.7 Å². The van der Waals surface area contributed by atoms with E-state index in [-0.39, 0.29) is 11.9 Å². The molecule has 3 aromatic rings. The Hall–Kier alpha value is -2.60. The number of hydrogen-bond acceptors (Lipinski definition) is 4. The summed E-state index contributed by atoms with van der Waals surface area (Å²) >= 11 is 0. The molecule has 0 spiro atoms. The maximum Gasteiger partial charge on any atom is 0.125 e. The van der Waals surface area contributed by atoms with Gasteiger partial charge in [-0.1, -0.05) is 0 Å². The van der Waals surface area contributed by atoms with Crippen LogP contribution in [0.5, 0.6) is 0 Å². The van der Waals surface area contributed by atoms with Gasteiger partial charge in [-0.15, -0.1) is 0 Å². The van der Waals surface area contributed by atoms with Crippen LogP contribution in [0.2, 0.25) is 0 Å². The fourth-order valence-electron chi connectivity index (χ4n) is 3.19. The number of allylic oxidation sites excluding steroid dienone is 1. The Labute approximate surface area is 139 Å². The number of rotatable bonds is 2. The quantitative estimate of drug-likeness (QED) is 0.787. The summed E-state index contributed by atoms with van der Waals surface area (Å²) < 4.78 is 15.7. The Bertz CT molecular complexity index is 971. The second kappa shape index (κ2) is 5.49. The van der Waals surface area contributed by atoms with E-state index >= 15 is 0 Å². The fraction of sp³-hybridized carbons (Fsp3) is 0.278. The lowest BCUT2D eigenvalue weighted by Crippen LogP contribution is -2.08. The Morgan fingerprint density at radius 2 is 2.12 bits per heavy atom. The van der Waals surface area contributed by atoms with Gasteiger partial charge in [-0.25, -0.2) is 14.4 Å². The first-order valence-electron chi connectivity index (χ1n) is 7.96. The average molecular weight is 323 g/mol. The molecule has 4 rings (SSSR count). The SMILES string of the molecule is C[C@@H](N)c1cc(F)cc2nc3c(nc12)CCC3=Cc1cnn(C)c1. The van der Waals surface area contributed by atoms with Gasteiger partial charge in [0.1, 0.15) is 5.82 Å². The van der Waals surface area contributed by atoms with Crippen LogP contribution in [0, 0.1) is 5.82 Å². The van der Waals surface area contributed by atoms with Gasteiger partial charge < -0.3 is 5.73 Å². The summed E-state index contributed by atoms with van der Waals surface area (Å²) in [4.78, 5) is 9.43. The van der Waals surface area contributed by atoms with E-state index in [1.165, 1.54) is 12.1 Å². The highest BCUT2D eigenvalue weighted by Crippen LogP contribution is 2.34. The lowest BCUT2D eigenvalue weighted by molar-refractivity contribution is 0.624. The van der Waals surface area contributed by atoms with E-state index in [0.717, 1.165) is 35.4 Å². The van der Waals surface area contributed by atoms with Crippen molar-refractivity contribution in [1.29, 1.82) is 0 Å². The summed E-state index contributed by atoms with van der Waals surface area (Å²) in [5.74, 6) is -0.333. The maximum atomic E-state index is 13.9. The smallest absolute Gasteiger partial charge is 0.125 e. The number of nitrogens with zero attached hydrogens (tertiary/aromatic N) is 4. The van der Waals surface area contributed by atoms with Gasteiger partial charge >= 0.3 is 0 Å². The first-order valence-corrected chi connectivity index (χ1v) is 7.96. The number of benzene rings is 1. The number of aryl methyl sites for hydroxylation is 2. The van der Waals surface area contributed by atoms with Crippen molar-refractivity contribution in [3.63, 3.8) is 0 Å². The molecule has 1 aliphatic rings. The third-order valence-corrected chi connectivity index (χ3v) is 4.33. The van der Waals surface area contributed by atoms with Crippen molar-refractivity contribution in [3.05, 3.63) is 52.9 Å². The van der Waals surface area contributed by atoms with Gasteiger partial charge in [-0.2, -0.15) is 5.10 Å². The Balaban J connectivity index is 1.88. The Kier molecular flexibility index (Phi) is 3.42. The van der Waals surface area contributed by atoms with E-state index in [2.05, 4.69) is 11.2 Å². The van der Waals surface area contributed by atoms with E-state index < -0.39 is 0 Å². The molecular weight excluding hydrogens is 305 g/mol. The third-order valence-electron chi connectivity index (χ3n) is 4.33. The molecule has 6 heteroatoms. The molecule has 0 saturated carbocycles. The standard InChI is InChI=1S/C18H18FN5/c1-10(20)14-6-13(19)7-16-18(14)22-15-4-3-12(17(15)23-16)5-11-8-21-24(2)9-11/h5-10H,3-4,20H2,1-2H3/t10-/m1/s1. The molecule has 5 nitrogen and oxygen atoms in total. The summed E-state index contributed by atoms with van der Waals surface area (Å²) in [5.41, 5.74) is 11.9. The first-order chi connectivity index (χ1) is 11.5. The zero-order valence-electron chi connectivity index (χ0n) is 13.6. The predicted octanol–water partition coefficient (Wildman–Crippen LogP) is 3.01. The molecule has 1 aromatic carbocycles. The van der Waals surface area contributed by atoms with E-state index in [0.29, 0.717) is 16.6 Å². The zero-order valence-corrected chi connectivity index (χ0v) is 13.6. The largest absolute Gasteiger partial charge is 0.324 e. The van der Waals surface area contributed by atoms with Gasteiger partial charge in [0.25, 0.3) is 0 Å². The van der Waals surface area contributed by atoms with Crippen molar-refractivity contribution in [3.8, 4) is 0 Å². The summed E-state index contributed by atoms with van der Waals surface area (Å²) in [6.07, 6.45) is 7.54. The first kappa shape index (κ1) is 15.0. The van der Waals surface area contributed by atoms with Crippen LogP contribution in [0.25, 0.3) is 22.7 Å². The third kappa shape index (κ3) is 2.49. The van der Waals surface area contributed by atoms with Crippen molar-refractivity contribution < 1.29 is 4.39 Å². The Morgan fingerprint density at radius 3 is 2.83 bits per heavy atom. The number of aromatic nitrogens is 4. The van der Waals surface area contributed by atoms with Crippen LogP contribution in [-0.2, 0) is 13.5 Å². The molecule has 2 N–H and O–H groups in total. The zero-order chi connectivity index (χ0) is 16.8. The number of halogens is 1. The molecule has 0 fully saturated rings. The van der Waals surface area contributed by atoms with Crippen molar-refractivity contribution >= 4 is 22.7 Å². The molecule has 2 heterocycles. The maximum absolute atomic E-state index is 13.9. The summed E-state index contributed by atoms with van der Waals surface area (Å²) in [7, 11) is 1.89. The molecule has 0 saturated heterocycles.